The van der Waals surface area contributed by atoms with Crippen molar-refractivity contribution in [2.45, 2.75) is 45.4 Å². The minimum Gasteiger partial charge on any atom is -0.356 e. The monoisotopic (exact) mass is 212 g/mol. The fourth-order valence-corrected chi connectivity index (χ4v) is 2.34. The Morgan fingerprint density at radius 1 is 1.40 bits per heavy atom. The van der Waals surface area contributed by atoms with Crippen LogP contribution in [0, 0.1) is 5.41 Å². The molecule has 0 spiro atoms. The van der Waals surface area contributed by atoms with Gasteiger partial charge in [-0.05, 0) is 31.7 Å². The molecule has 1 fully saturated rings. The first-order valence-electron chi connectivity index (χ1n) is 6.14. The number of amides is 1. The van der Waals surface area contributed by atoms with Gasteiger partial charge in [0.25, 0.3) is 0 Å². The summed E-state index contributed by atoms with van der Waals surface area (Å²) in [6.45, 7) is 3.89. The van der Waals surface area contributed by atoms with Crippen molar-refractivity contribution in [2.75, 3.05) is 20.1 Å². The molecule has 0 aromatic rings. The second-order valence-electron chi connectivity index (χ2n) is 4.73. The Kier molecular flexibility index (Phi) is 5.09. The maximum absolute atomic E-state index is 11.4. The molecular weight excluding hydrogens is 188 g/mol. The van der Waals surface area contributed by atoms with Gasteiger partial charge in [-0.1, -0.05) is 19.8 Å². The van der Waals surface area contributed by atoms with E-state index in [2.05, 4.69) is 17.6 Å². The van der Waals surface area contributed by atoms with E-state index in [4.69, 9.17) is 0 Å². The quantitative estimate of drug-likeness (QED) is 0.674. The van der Waals surface area contributed by atoms with Crippen LogP contribution in [0.2, 0.25) is 0 Å². The molecule has 88 valence electrons. The number of rotatable bonds is 7. The van der Waals surface area contributed by atoms with Crippen molar-refractivity contribution in [3.8, 4) is 0 Å². The molecule has 2 N–H and O–H groups in total. The molecular formula is C12H24N2O. The maximum Gasteiger partial charge on any atom is 0.221 e. The third-order valence-corrected chi connectivity index (χ3v) is 3.46. The predicted octanol–water partition coefficient (Wildman–Crippen LogP) is 1.68. The van der Waals surface area contributed by atoms with Crippen LogP contribution in [0.15, 0.2) is 0 Å². The summed E-state index contributed by atoms with van der Waals surface area (Å²) in [5.41, 5.74) is 0.448. The summed E-state index contributed by atoms with van der Waals surface area (Å²) >= 11 is 0. The fourth-order valence-electron chi connectivity index (χ4n) is 2.34. The summed E-state index contributed by atoms with van der Waals surface area (Å²) in [4.78, 5) is 11.4. The third kappa shape index (κ3) is 3.82. The van der Waals surface area contributed by atoms with Gasteiger partial charge in [-0.2, -0.15) is 0 Å². The van der Waals surface area contributed by atoms with Gasteiger partial charge in [0.05, 0.1) is 0 Å². The molecule has 1 amide bonds. The lowest BCUT2D eigenvalue weighted by Crippen LogP contribution is -2.42. The lowest BCUT2D eigenvalue weighted by Gasteiger charge is -2.42. The molecule has 1 aliphatic carbocycles. The summed E-state index contributed by atoms with van der Waals surface area (Å²) in [5, 5.41) is 6.05. The van der Waals surface area contributed by atoms with Crippen molar-refractivity contribution in [2.24, 2.45) is 5.41 Å². The van der Waals surface area contributed by atoms with Crippen molar-refractivity contribution in [1.82, 2.24) is 10.6 Å². The first-order chi connectivity index (χ1) is 7.22. The number of hydrogen-bond acceptors (Lipinski definition) is 2. The molecule has 0 radical (unpaired) electrons. The van der Waals surface area contributed by atoms with Gasteiger partial charge in [-0.15, -0.1) is 0 Å². The minimum atomic E-state index is 0.187. The van der Waals surface area contributed by atoms with Crippen LogP contribution in [-0.4, -0.2) is 26.0 Å². The molecule has 0 heterocycles. The van der Waals surface area contributed by atoms with Crippen LogP contribution in [0.5, 0.6) is 0 Å². The van der Waals surface area contributed by atoms with Gasteiger partial charge >= 0.3 is 0 Å². The smallest absolute Gasteiger partial charge is 0.221 e. The standard InChI is InChI=1S/C12H24N2O/c1-3-6-12(7-4-8-12)10-14-11(15)5-9-13-2/h13H,3-10H2,1-2H3,(H,14,15). The van der Waals surface area contributed by atoms with Crippen molar-refractivity contribution < 1.29 is 4.79 Å². The van der Waals surface area contributed by atoms with Gasteiger partial charge in [0.15, 0.2) is 0 Å². The summed E-state index contributed by atoms with van der Waals surface area (Å²) in [6, 6.07) is 0. The van der Waals surface area contributed by atoms with Crippen molar-refractivity contribution in [1.29, 1.82) is 0 Å². The molecule has 0 bridgehead atoms. The summed E-state index contributed by atoms with van der Waals surface area (Å²) in [5.74, 6) is 0.187. The summed E-state index contributed by atoms with van der Waals surface area (Å²) in [7, 11) is 1.87. The number of carbonyl (C=O) groups is 1. The second kappa shape index (κ2) is 6.11. The minimum absolute atomic E-state index is 0.187. The molecule has 0 aromatic carbocycles. The molecule has 0 atom stereocenters. The molecule has 0 aromatic heterocycles. The van der Waals surface area contributed by atoms with E-state index in [0.29, 0.717) is 11.8 Å². The third-order valence-electron chi connectivity index (χ3n) is 3.46. The topological polar surface area (TPSA) is 41.1 Å². The number of hydrogen-bond donors (Lipinski definition) is 2. The molecule has 0 unspecified atom stereocenters. The van der Waals surface area contributed by atoms with Crippen molar-refractivity contribution >= 4 is 5.91 Å². The van der Waals surface area contributed by atoms with Crippen LogP contribution in [0.4, 0.5) is 0 Å². The van der Waals surface area contributed by atoms with Crippen molar-refractivity contribution in [3.63, 3.8) is 0 Å². The van der Waals surface area contributed by atoms with Gasteiger partial charge in [0.2, 0.25) is 5.91 Å². The zero-order valence-corrected chi connectivity index (χ0v) is 10.1. The Balaban J connectivity index is 2.19. The largest absolute Gasteiger partial charge is 0.356 e. The van der Waals surface area contributed by atoms with Gasteiger partial charge in [0, 0.05) is 19.5 Å². The van der Waals surface area contributed by atoms with Gasteiger partial charge in [-0.25, -0.2) is 0 Å². The van der Waals surface area contributed by atoms with E-state index in [1.54, 1.807) is 0 Å². The number of carbonyl (C=O) groups excluding carboxylic acids is 1. The molecule has 1 aliphatic rings. The molecule has 3 heteroatoms. The molecule has 0 saturated heterocycles. The van der Waals surface area contributed by atoms with Crippen LogP contribution in [0.25, 0.3) is 0 Å². The molecule has 1 saturated carbocycles. The summed E-state index contributed by atoms with van der Waals surface area (Å²) < 4.78 is 0. The average Bonchev–Trinajstić information content (AvgIpc) is 2.18. The molecule has 15 heavy (non-hydrogen) atoms. The molecule has 0 aliphatic heterocycles. The van der Waals surface area contributed by atoms with E-state index in [9.17, 15) is 4.79 Å². The SMILES string of the molecule is CCCC1(CNC(=O)CCNC)CCC1. The Morgan fingerprint density at radius 2 is 2.13 bits per heavy atom. The zero-order chi connectivity index (χ0) is 11.1. The number of nitrogens with one attached hydrogen (secondary N) is 2. The van der Waals surface area contributed by atoms with E-state index in [1.807, 2.05) is 7.05 Å². The predicted molar refractivity (Wildman–Crippen MR) is 62.7 cm³/mol. The highest BCUT2D eigenvalue weighted by Gasteiger charge is 2.35. The van der Waals surface area contributed by atoms with E-state index in [1.165, 1.54) is 32.1 Å². The highest BCUT2D eigenvalue weighted by atomic mass is 16.1. The van der Waals surface area contributed by atoms with Crippen molar-refractivity contribution in [3.05, 3.63) is 0 Å². The van der Waals surface area contributed by atoms with Gasteiger partial charge in [-0.3, -0.25) is 4.79 Å². The lowest BCUT2D eigenvalue weighted by atomic mass is 9.66. The lowest BCUT2D eigenvalue weighted by molar-refractivity contribution is -0.121. The van der Waals surface area contributed by atoms with E-state index in [-0.39, 0.29) is 5.91 Å². The van der Waals surface area contributed by atoms with Crippen LogP contribution >= 0.6 is 0 Å². The van der Waals surface area contributed by atoms with E-state index >= 15 is 0 Å². The second-order valence-corrected chi connectivity index (χ2v) is 4.73. The van der Waals surface area contributed by atoms with Crippen LogP contribution < -0.4 is 10.6 Å². The maximum atomic E-state index is 11.4. The highest BCUT2D eigenvalue weighted by Crippen LogP contribution is 2.44. The van der Waals surface area contributed by atoms with Crippen LogP contribution in [0.3, 0.4) is 0 Å². The summed E-state index contributed by atoms with van der Waals surface area (Å²) in [6.07, 6.45) is 7.02. The normalized spacial score (nSPS) is 18.3. The Hall–Kier alpha value is -0.570. The van der Waals surface area contributed by atoms with Crippen LogP contribution in [0.1, 0.15) is 45.4 Å². The first-order valence-corrected chi connectivity index (χ1v) is 6.14. The van der Waals surface area contributed by atoms with E-state index in [0.717, 1.165) is 13.1 Å². The Bertz CT molecular complexity index is 200. The average molecular weight is 212 g/mol. The Morgan fingerprint density at radius 3 is 2.60 bits per heavy atom. The van der Waals surface area contributed by atoms with E-state index < -0.39 is 0 Å². The zero-order valence-electron chi connectivity index (χ0n) is 10.1. The fraction of sp³-hybridized carbons (Fsp3) is 0.917. The van der Waals surface area contributed by atoms with Gasteiger partial charge < -0.3 is 10.6 Å². The molecule has 1 rings (SSSR count). The first kappa shape index (κ1) is 12.5. The van der Waals surface area contributed by atoms with Gasteiger partial charge in [0.1, 0.15) is 0 Å². The highest BCUT2D eigenvalue weighted by molar-refractivity contribution is 5.76. The molecule has 3 nitrogen and oxygen atoms in total. The van der Waals surface area contributed by atoms with Crippen LogP contribution in [-0.2, 0) is 4.79 Å². The Labute approximate surface area is 93.0 Å².